The highest BCUT2D eigenvalue weighted by Crippen LogP contribution is 2.47. The summed E-state index contributed by atoms with van der Waals surface area (Å²) in [6.45, 7) is 4.01. The predicted molar refractivity (Wildman–Crippen MR) is 164 cm³/mol. The molecule has 3 N–H and O–H groups in total. The molecule has 2 aliphatic rings. The largest absolute Gasteiger partial charge is 0.363 e. The lowest BCUT2D eigenvalue weighted by Crippen LogP contribution is -2.56. The van der Waals surface area contributed by atoms with Gasteiger partial charge in [0.2, 0.25) is 5.91 Å². The molecule has 218 valence electrons. The lowest BCUT2D eigenvalue weighted by molar-refractivity contribution is -0.144. The molecule has 1 aliphatic carbocycles. The molecule has 1 aromatic heterocycles. The van der Waals surface area contributed by atoms with Crippen LogP contribution in [0.3, 0.4) is 0 Å². The molecule has 0 unspecified atom stereocenters. The molecule has 9 heteroatoms. The van der Waals surface area contributed by atoms with E-state index in [1.54, 1.807) is 6.33 Å². The Kier molecular flexibility index (Phi) is 11.4. The maximum absolute atomic E-state index is 13.9. The number of nitrogens with one attached hydrogen (secondary N) is 3. The predicted octanol–water partition coefficient (Wildman–Crippen LogP) is 5.63. The van der Waals surface area contributed by atoms with E-state index in [0.29, 0.717) is 54.3 Å². The number of carbonyl (C=O) groups excluding carboxylic acids is 2. The summed E-state index contributed by atoms with van der Waals surface area (Å²) in [5.41, 5.74) is 1.77. The first-order valence-electron chi connectivity index (χ1n) is 15.0. The number of thiocarbonyl (C=S) groups is 1. The number of likely N-dealkylation sites (tertiary alicyclic amines) is 1. The standard InChI is InChI=1S/C31H44ClN5O2S/c1-2-7-28(38)31(24-8-4-3-5-9-24)15-18-37(19-16-31)29(39)27(20-23-11-13-25(32)14-12-23)36-30(40)34-17-6-10-26-21-33-22-35-26/h11-14,21-22,24,27H,2-10,15-20H2,1H3,(H,33,35)(H2,34,36,40)/t27-/m1/s1. The summed E-state index contributed by atoms with van der Waals surface area (Å²) in [4.78, 5) is 36.6. The van der Waals surface area contributed by atoms with Gasteiger partial charge in [0.15, 0.2) is 5.11 Å². The highest BCUT2D eigenvalue weighted by molar-refractivity contribution is 7.80. The zero-order valence-corrected chi connectivity index (χ0v) is 25.3. The van der Waals surface area contributed by atoms with E-state index in [0.717, 1.165) is 56.2 Å². The monoisotopic (exact) mass is 585 g/mol. The van der Waals surface area contributed by atoms with Crippen molar-refractivity contribution >= 4 is 40.6 Å². The summed E-state index contributed by atoms with van der Waals surface area (Å²) in [5, 5.41) is 7.70. The van der Waals surface area contributed by atoms with Crippen LogP contribution in [-0.2, 0) is 22.4 Å². The van der Waals surface area contributed by atoms with Crippen LogP contribution >= 0.6 is 23.8 Å². The molecule has 40 heavy (non-hydrogen) atoms. The van der Waals surface area contributed by atoms with Gasteiger partial charge in [-0.25, -0.2) is 4.98 Å². The number of ketones is 1. The van der Waals surface area contributed by atoms with E-state index in [1.807, 2.05) is 35.4 Å². The Hall–Kier alpha value is -2.45. The second-order valence-corrected chi connectivity index (χ2v) is 12.3. The quantitative estimate of drug-likeness (QED) is 0.221. The zero-order chi connectivity index (χ0) is 28.4. The maximum Gasteiger partial charge on any atom is 0.245 e. The number of nitrogens with zero attached hydrogens (tertiary/aromatic N) is 2. The van der Waals surface area contributed by atoms with Crippen molar-refractivity contribution in [1.82, 2.24) is 25.5 Å². The van der Waals surface area contributed by atoms with Gasteiger partial charge < -0.3 is 20.5 Å². The fraction of sp³-hybridized carbons (Fsp3) is 0.613. The number of aryl methyl sites for hydroxylation is 1. The Morgan fingerprint density at radius 3 is 2.55 bits per heavy atom. The van der Waals surface area contributed by atoms with Crippen molar-refractivity contribution in [3.05, 3.63) is 53.1 Å². The Labute approximate surface area is 249 Å². The van der Waals surface area contributed by atoms with Crippen molar-refractivity contribution in [1.29, 1.82) is 0 Å². The number of aromatic amines is 1. The highest BCUT2D eigenvalue weighted by Gasteiger charge is 2.47. The molecule has 7 nitrogen and oxygen atoms in total. The topological polar surface area (TPSA) is 90.1 Å². The van der Waals surface area contributed by atoms with Crippen LogP contribution in [0.15, 0.2) is 36.8 Å². The van der Waals surface area contributed by atoms with Crippen molar-refractivity contribution in [2.24, 2.45) is 11.3 Å². The Bertz CT molecular complexity index is 1090. The second kappa shape index (κ2) is 15.0. The third kappa shape index (κ3) is 8.06. The van der Waals surface area contributed by atoms with Gasteiger partial charge in [0, 0.05) is 49.1 Å². The number of aromatic nitrogens is 2. The molecule has 1 aromatic carbocycles. The van der Waals surface area contributed by atoms with E-state index in [1.165, 1.54) is 19.3 Å². The van der Waals surface area contributed by atoms with Crippen LogP contribution in [0, 0.1) is 11.3 Å². The van der Waals surface area contributed by atoms with Crippen molar-refractivity contribution in [2.75, 3.05) is 19.6 Å². The molecular formula is C31H44ClN5O2S. The fourth-order valence-electron chi connectivity index (χ4n) is 6.56. The van der Waals surface area contributed by atoms with Crippen LogP contribution < -0.4 is 10.6 Å². The smallest absolute Gasteiger partial charge is 0.245 e. The summed E-state index contributed by atoms with van der Waals surface area (Å²) in [6, 6.07) is 7.11. The van der Waals surface area contributed by atoms with E-state index in [9.17, 15) is 9.59 Å². The van der Waals surface area contributed by atoms with Crippen LogP contribution in [0.2, 0.25) is 5.02 Å². The van der Waals surface area contributed by atoms with Crippen LogP contribution in [-0.4, -0.2) is 57.3 Å². The Balaban J connectivity index is 1.40. The van der Waals surface area contributed by atoms with Crippen LogP contribution in [0.5, 0.6) is 0 Å². The molecule has 0 spiro atoms. The number of hydrogen-bond acceptors (Lipinski definition) is 4. The highest BCUT2D eigenvalue weighted by atomic mass is 35.5. The summed E-state index contributed by atoms with van der Waals surface area (Å²) >= 11 is 11.7. The molecule has 1 atom stereocenters. The Morgan fingerprint density at radius 2 is 1.90 bits per heavy atom. The zero-order valence-electron chi connectivity index (χ0n) is 23.7. The number of carbonyl (C=O) groups is 2. The van der Waals surface area contributed by atoms with Crippen molar-refractivity contribution in [3.8, 4) is 0 Å². The summed E-state index contributed by atoms with van der Waals surface area (Å²) in [6.07, 6.45) is 14.9. The van der Waals surface area contributed by atoms with E-state index < -0.39 is 6.04 Å². The number of hydrogen-bond donors (Lipinski definition) is 3. The number of halogens is 1. The van der Waals surface area contributed by atoms with Gasteiger partial charge in [0.1, 0.15) is 11.8 Å². The summed E-state index contributed by atoms with van der Waals surface area (Å²) in [7, 11) is 0. The van der Waals surface area contributed by atoms with Gasteiger partial charge in [-0.1, -0.05) is 49.9 Å². The van der Waals surface area contributed by atoms with E-state index in [4.69, 9.17) is 23.8 Å². The van der Waals surface area contributed by atoms with Gasteiger partial charge in [0.25, 0.3) is 0 Å². The SMILES string of the molecule is CCCC(=O)C1(C2CCCCC2)CCN(C(=O)[C@@H](Cc2ccc(Cl)cc2)NC(=S)NCCCc2c[nH]cn2)CC1. The van der Waals surface area contributed by atoms with Crippen molar-refractivity contribution in [3.63, 3.8) is 0 Å². The molecule has 4 rings (SSSR count). The molecule has 1 saturated carbocycles. The average Bonchev–Trinajstić information content (AvgIpc) is 3.50. The number of benzene rings is 1. The summed E-state index contributed by atoms with van der Waals surface area (Å²) in [5.74, 6) is 0.916. The van der Waals surface area contributed by atoms with Gasteiger partial charge in [-0.05, 0) is 80.8 Å². The van der Waals surface area contributed by atoms with Crippen LogP contribution in [0.4, 0.5) is 0 Å². The number of Topliss-reactive ketones (excluding diaryl/α,β-unsaturated/α-hetero) is 1. The van der Waals surface area contributed by atoms with Crippen molar-refractivity contribution in [2.45, 2.75) is 90.0 Å². The number of imidazole rings is 1. The lowest BCUT2D eigenvalue weighted by atomic mass is 9.61. The van der Waals surface area contributed by atoms with Gasteiger partial charge in [-0.15, -0.1) is 0 Å². The normalized spacial score (nSPS) is 18.2. The minimum atomic E-state index is -0.499. The van der Waals surface area contributed by atoms with Crippen molar-refractivity contribution < 1.29 is 9.59 Å². The molecule has 1 saturated heterocycles. The minimum absolute atomic E-state index is 0.0378. The Morgan fingerprint density at radius 1 is 1.18 bits per heavy atom. The van der Waals surface area contributed by atoms with Gasteiger partial charge in [-0.2, -0.15) is 0 Å². The molecular weight excluding hydrogens is 542 g/mol. The first-order valence-corrected chi connectivity index (χ1v) is 15.8. The van der Waals surface area contributed by atoms with Gasteiger partial charge in [-0.3, -0.25) is 9.59 Å². The van der Waals surface area contributed by atoms with E-state index in [2.05, 4.69) is 27.5 Å². The van der Waals surface area contributed by atoms with Gasteiger partial charge >= 0.3 is 0 Å². The number of H-pyrrole nitrogens is 1. The molecule has 2 fully saturated rings. The van der Waals surface area contributed by atoms with Gasteiger partial charge in [0.05, 0.1) is 12.0 Å². The van der Waals surface area contributed by atoms with Crippen LogP contribution in [0.1, 0.15) is 82.4 Å². The molecule has 1 aliphatic heterocycles. The second-order valence-electron chi connectivity index (χ2n) is 11.4. The lowest BCUT2D eigenvalue weighted by Gasteiger charge is -2.47. The number of amides is 1. The summed E-state index contributed by atoms with van der Waals surface area (Å²) < 4.78 is 0. The molecule has 1 amide bonds. The van der Waals surface area contributed by atoms with E-state index >= 15 is 0 Å². The van der Waals surface area contributed by atoms with E-state index in [-0.39, 0.29) is 11.3 Å². The number of piperidine rings is 1. The first-order chi connectivity index (χ1) is 19.4. The number of rotatable bonds is 12. The minimum Gasteiger partial charge on any atom is -0.363 e. The molecule has 0 radical (unpaired) electrons. The molecule has 2 heterocycles. The average molecular weight is 586 g/mol. The first kappa shape index (κ1) is 30.5. The third-order valence-corrected chi connectivity index (χ3v) is 9.31. The third-order valence-electron chi connectivity index (χ3n) is 8.79. The maximum atomic E-state index is 13.9. The molecule has 0 bridgehead atoms. The molecule has 2 aromatic rings. The fourth-order valence-corrected chi connectivity index (χ4v) is 6.93. The van der Waals surface area contributed by atoms with Crippen LogP contribution in [0.25, 0.3) is 0 Å².